The summed E-state index contributed by atoms with van der Waals surface area (Å²) in [5.41, 5.74) is 1.09. The van der Waals surface area contributed by atoms with Gasteiger partial charge in [-0.15, -0.1) is 0 Å². The number of aryl methyl sites for hydroxylation is 1. The van der Waals surface area contributed by atoms with Crippen LogP contribution in [-0.2, 0) is 19.5 Å². The van der Waals surface area contributed by atoms with Crippen LogP contribution < -0.4 is 14.8 Å². The number of anilines is 2. The van der Waals surface area contributed by atoms with E-state index in [0.717, 1.165) is 18.4 Å². The highest BCUT2D eigenvalue weighted by atomic mass is 32.2. The number of hydrogen-bond acceptors (Lipinski definition) is 10. The monoisotopic (exact) mass is 680 g/mol. The van der Waals surface area contributed by atoms with Crippen LogP contribution in [0.3, 0.4) is 0 Å². The summed E-state index contributed by atoms with van der Waals surface area (Å²) in [6, 6.07) is 11.4. The van der Waals surface area contributed by atoms with E-state index in [1.807, 2.05) is 33.8 Å². The Hall–Kier alpha value is -4.56. The van der Waals surface area contributed by atoms with Gasteiger partial charge in [0.2, 0.25) is 21.9 Å². The van der Waals surface area contributed by atoms with Gasteiger partial charge in [-0.1, -0.05) is 12.1 Å². The number of fused-ring (bicyclic) bond motifs is 1. The summed E-state index contributed by atoms with van der Waals surface area (Å²) in [5.74, 6) is -0.0564. The summed E-state index contributed by atoms with van der Waals surface area (Å²) < 4.78 is 60.2. The maximum Gasteiger partial charge on any atom is 0.410 e. The van der Waals surface area contributed by atoms with Gasteiger partial charge < -0.3 is 24.4 Å². The number of carbonyl (C=O) groups is 1. The molecule has 1 aliphatic rings. The first-order chi connectivity index (χ1) is 22.7. The highest BCUT2D eigenvalue weighted by Gasteiger charge is 2.28. The molecule has 0 saturated carbocycles. The standard InChI is InChI=1S/C34H41FN6O6S/c1-21-11-12-24-25(13-14-27(35)29(24)40-48(43,44)20-22(2)45-6)30(21)46-31-26(10-7-16-36-31)28-15-17-37-32(39-28)38-23-9-8-18-41(19-23)33(42)47-34(3,4)5/h7,10-17,22-23,40H,8-9,18-20H2,1-6H3,(H,37,38,39)/t22-,23+/m1/s1. The van der Waals surface area contributed by atoms with Gasteiger partial charge >= 0.3 is 6.09 Å². The molecule has 3 heterocycles. The van der Waals surface area contributed by atoms with Gasteiger partial charge in [-0.3, -0.25) is 4.72 Å². The number of nitrogens with one attached hydrogen (secondary N) is 2. The number of rotatable bonds is 10. The molecule has 256 valence electrons. The van der Waals surface area contributed by atoms with Crippen molar-refractivity contribution in [3.8, 4) is 22.9 Å². The second kappa shape index (κ2) is 14.3. The summed E-state index contributed by atoms with van der Waals surface area (Å²) in [7, 11) is -2.52. The van der Waals surface area contributed by atoms with Crippen molar-refractivity contribution in [3.05, 3.63) is 66.2 Å². The van der Waals surface area contributed by atoms with Gasteiger partial charge in [-0.25, -0.2) is 32.6 Å². The molecule has 14 heteroatoms. The fraction of sp³-hybridized carbons (Fsp3) is 0.412. The fourth-order valence-electron chi connectivity index (χ4n) is 5.39. The summed E-state index contributed by atoms with van der Waals surface area (Å²) in [5, 5.41) is 4.16. The van der Waals surface area contributed by atoms with Crippen molar-refractivity contribution in [3.63, 3.8) is 0 Å². The fourth-order valence-corrected chi connectivity index (χ4v) is 6.74. The Balaban J connectivity index is 1.41. The number of nitrogens with zero attached hydrogens (tertiary/aromatic N) is 4. The van der Waals surface area contributed by atoms with Crippen LogP contribution in [0.15, 0.2) is 54.9 Å². The molecule has 0 aliphatic carbocycles. The Morgan fingerprint density at radius 2 is 1.88 bits per heavy atom. The molecule has 0 bridgehead atoms. The van der Waals surface area contributed by atoms with Crippen LogP contribution >= 0.6 is 0 Å². The van der Waals surface area contributed by atoms with Gasteiger partial charge in [0.25, 0.3) is 0 Å². The minimum Gasteiger partial charge on any atom is -0.444 e. The molecule has 5 rings (SSSR count). The molecule has 0 unspecified atom stereocenters. The molecule has 2 atom stereocenters. The van der Waals surface area contributed by atoms with Crippen LogP contribution in [-0.4, -0.2) is 78.1 Å². The van der Waals surface area contributed by atoms with Crippen LogP contribution in [0.5, 0.6) is 11.6 Å². The zero-order valence-electron chi connectivity index (χ0n) is 27.9. The van der Waals surface area contributed by atoms with Gasteiger partial charge in [0.15, 0.2) is 0 Å². The van der Waals surface area contributed by atoms with E-state index in [0.29, 0.717) is 46.8 Å². The Labute approximate surface area is 280 Å². The van der Waals surface area contributed by atoms with Crippen LogP contribution in [0.4, 0.5) is 20.8 Å². The van der Waals surface area contributed by atoms with E-state index in [1.54, 1.807) is 54.5 Å². The molecule has 1 amide bonds. The number of hydrogen-bond donors (Lipinski definition) is 2. The summed E-state index contributed by atoms with van der Waals surface area (Å²) in [6.45, 7) is 10.0. The first-order valence-corrected chi connectivity index (χ1v) is 17.3. The summed E-state index contributed by atoms with van der Waals surface area (Å²) in [4.78, 5) is 28.0. The van der Waals surface area contributed by atoms with Crippen LogP contribution in [0.1, 0.15) is 46.1 Å². The van der Waals surface area contributed by atoms with Crippen molar-refractivity contribution < 1.29 is 31.8 Å². The largest absolute Gasteiger partial charge is 0.444 e. The predicted molar refractivity (Wildman–Crippen MR) is 182 cm³/mol. The van der Waals surface area contributed by atoms with Crippen LogP contribution in [0.25, 0.3) is 22.0 Å². The predicted octanol–water partition coefficient (Wildman–Crippen LogP) is 6.52. The highest BCUT2D eigenvalue weighted by Crippen LogP contribution is 2.39. The van der Waals surface area contributed by atoms with Gasteiger partial charge in [-0.2, -0.15) is 0 Å². The van der Waals surface area contributed by atoms with Gasteiger partial charge in [0, 0.05) is 49.4 Å². The third-order valence-electron chi connectivity index (χ3n) is 7.72. The molecule has 1 saturated heterocycles. The van der Waals surface area contributed by atoms with E-state index < -0.39 is 27.5 Å². The molecule has 1 aliphatic heterocycles. The number of sulfonamides is 1. The lowest BCUT2D eigenvalue weighted by Gasteiger charge is -2.34. The molecular weight excluding hydrogens is 639 g/mol. The van der Waals surface area contributed by atoms with Crippen molar-refractivity contribution in [2.45, 2.75) is 65.2 Å². The number of benzene rings is 2. The first kappa shape index (κ1) is 34.8. The Bertz CT molecular complexity index is 1900. The topological polar surface area (TPSA) is 145 Å². The van der Waals surface area contributed by atoms with Gasteiger partial charge in [0.05, 0.1) is 28.8 Å². The Morgan fingerprint density at radius 1 is 1.10 bits per heavy atom. The number of halogens is 1. The molecule has 48 heavy (non-hydrogen) atoms. The Morgan fingerprint density at radius 3 is 2.62 bits per heavy atom. The van der Waals surface area contributed by atoms with E-state index in [-0.39, 0.29) is 29.5 Å². The SMILES string of the molecule is CO[C@H](C)CS(=O)(=O)Nc1c(F)ccc2c(Oc3ncccc3-c3ccnc(N[C@H]4CCCN(C(=O)OC(C)(C)C)C4)n3)c(C)ccc12. The number of pyridine rings is 1. The van der Waals surface area contributed by atoms with E-state index in [2.05, 4.69) is 20.0 Å². The second-order valence-corrected chi connectivity index (χ2v) is 14.6. The van der Waals surface area contributed by atoms with Gasteiger partial charge in [0.1, 0.15) is 17.2 Å². The van der Waals surface area contributed by atoms with E-state index >= 15 is 4.39 Å². The molecular formula is C34H41FN6O6S. The average Bonchev–Trinajstić information content (AvgIpc) is 3.03. The minimum absolute atomic E-state index is 0.0748. The molecule has 2 N–H and O–H groups in total. The highest BCUT2D eigenvalue weighted by molar-refractivity contribution is 7.92. The van der Waals surface area contributed by atoms with Gasteiger partial charge in [-0.05, 0) is 83.4 Å². The zero-order valence-corrected chi connectivity index (χ0v) is 28.7. The lowest BCUT2D eigenvalue weighted by molar-refractivity contribution is 0.0206. The van der Waals surface area contributed by atoms with Crippen molar-refractivity contribution in [2.75, 3.05) is 36.0 Å². The van der Waals surface area contributed by atoms with Crippen LogP contribution in [0, 0.1) is 12.7 Å². The number of amides is 1. The third kappa shape index (κ3) is 8.47. The summed E-state index contributed by atoms with van der Waals surface area (Å²) in [6.07, 6.45) is 3.92. The number of piperidine rings is 1. The van der Waals surface area contributed by atoms with Crippen molar-refractivity contribution in [1.29, 1.82) is 0 Å². The lowest BCUT2D eigenvalue weighted by Crippen LogP contribution is -2.47. The maximum atomic E-state index is 15.1. The number of methoxy groups -OCH3 is 1. The maximum absolute atomic E-state index is 15.1. The average molecular weight is 681 g/mol. The lowest BCUT2D eigenvalue weighted by atomic mass is 10.0. The number of carbonyl (C=O) groups excluding carboxylic acids is 1. The number of ether oxygens (including phenoxy) is 3. The number of likely N-dealkylation sites (tertiary alicyclic amines) is 1. The van der Waals surface area contributed by atoms with E-state index in [4.69, 9.17) is 19.2 Å². The van der Waals surface area contributed by atoms with E-state index in [9.17, 15) is 13.2 Å². The van der Waals surface area contributed by atoms with Crippen molar-refractivity contribution >= 4 is 38.5 Å². The minimum atomic E-state index is -3.93. The third-order valence-corrected chi connectivity index (χ3v) is 9.14. The quantitative estimate of drug-likeness (QED) is 0.190. The number of aromatic nitrogens is 3. The molecule has 4 aromatic rings. The smallest absolute Gasteiger partial charge is 0.410 e. The Kier molecular flexibility index (Phi) is 10.3. The van der Waals surface area contributed by atoms with Crippen molar-refractivity contribution in [1.82, 2.24) is 19.9 Å². The molecule has 2 aromatic carbocycles. The molecule has 0 radical (unpaired) electrons. The second-order valence-electron chi connectivity index (χ2n) is 12.8. The van der Waals surface area contributed by atoms with Crippen molar-refractivity contribution in [2.24, 2.45) is 0 Å². The first-order valence-electron chi connectivity index (χ1n) is 15.7. The van der Waals surface area contributed by atoms with E-state index in [1.165, 1.54) is 13.2 Å². The molecule has 12 nitrogen and oxygen atoms in total. The molecule has 1 fully saturated rings. The normalized spacial score (nSPS) is 16.0. The molecule has 2 aromatic heterocycles. The van der Waals surface area contributed by atoms with Crippen LogP contribution in [0.2, 0.25) is 0 Å². The zero-order chi connectivity index (χ0) is 34.6. The molecule has 0 spiro atoms. The summed E-state index contributed by atoms with van der Waals surface area (Å²) >= 11 is 0.